The van der Waals surface area contributed by atoms with Crippen molar-refractivity contribution in [1.82, 2.24) is 15.1 Å². The van der Waals surface area contributed by atoms with Crippen LogP contribution >= 0.6 is 11.6 Å². The molecule has 1 aliphatic heterocycles. The summed E-state index contributed by atoms with van der Waals surface area (Å²) in [5.41, 5.74) is 1.82. The zero-order chi connectivity index (χ0) is 13.2. The van der Waals surface area contributed by atoms with Crippen LogP contribution in [0.15, 0.2) is 36.7 Å². The average Bonchev–Trinajstić information content (AvgIpc) is 3.10. The first-order chi connectivity index (χ1) is 9.24. The molecule has 3 rings (SSSR count). The highest BCUT2D eigenvalue weighted by atomic mass is 35.5. The molecule has 1 aliphatic rings. The quantitative estimate of drug-likeness (QED) is 0.916. The lowest BCUT2D eigenvalue weighted by molar-refractivity contribution is 0.0791. The number of benzene rings is 1. The number of hydrogen-bond acceptors (Lipinski definition) is 2. The Hall–Kier alpha value is -1.81. The van der Waals surface area contributed by atoms with Crippen LogP contribution in [0.25, 0.3) is 0 Å². The number of aromatic amines is 1. The summed E-state index contributed by atoms with van der Waals surface area (Å²) in [6.45, 7) is 1.52. The first-order valence-electron chi connectivity index (χ1n) is 6.27. The highest BCUT2D eigenvalue weighted by Gasteiger charge is 2.28. The van der Waals surface area contributed by atoms with E-state index in [4.69, 9.17) is 11.6 Å². The normalized spacial score (nSPS) is 18.8. The van der Waals surface area contributed by atoms with E-state index in [2.05, 4.69) is 16.3 Å². The highest BCUT2D eigenvalue weighted by Crippen LogP contribution is 2.29. The number of amides is 1. The van der Waals surface area contributed by atoms with Crippen molar-refractivity contribution in [3.05, 3.63) is 52.8 Å². The van der Waals surface area contributed by atoms with Gasteiger partial charge in [0.1, 0.15) is 0 Å². The predicted octanol–water partition coefficient (Wildman–Crippen LogP) is 2.69. The van der Waals surface area contributed by atoms with E-state index in [1.807, 2.05) is 23.1 Å². The number of hydrogen-bond donors (Lipinski definition) is 1. The van der Waals surface area contributed by atoms with Gasteiger partial charge in [0.05, 0.1) is 11.8 Å². The number of H-pyrrole nitrogens is 1. The number of rotatable bonds is 2. The molecule has 1 atom stereocenters. The van der Waals surface area contributed by atoms with Crippen molar-refractivity contribution in [3.8, 4) is 0 Å². The Morgan fingerprint density at radius 3 is 3.11 bits per heavy atom. The molecule has 1 N–H and O–H groups in total. The van der Waals surface area contributed by atoms with Crippen LogP contribution in [-0.4, -0.2) is 34.1 Å². The van der Waals surface area contributed by atoms with E-state index in [9.17, 15) is 4.79 Å². The molecule has 1 aromatic carbocycles. The van der Waals surface area contributed by atoms with Crippen molar-refractivity contribution in [2.45, 2.75) is 12.3 Å². The van der Waals surface area contributed by atoms with Crippen LogP contribution in [0.1, 0.15) is 28.3 Å². The summed E-state index contributed by atoms with van der Waals surface area (Å²) in [6.07, 6.45) is 4.17. The van der Waals surface area contributed by atoms with Crippen LogP contribution in [0.2, 0.25) is 5.02 Å². The monoisotopic (exact) mass is 275 g/mol. The third-order valence-corrected chi connectivity index (χ3v) is 3.78. The first kappa shape index (κ1) is 12.2. The fraction of sp³-hybridized carbons (Fsp3) is 0.286. The summed E-state index contributed by atoms with van der Waals surface area (Å²) in [5.74, 6) is 0.410. The number of carbonyl (C=O) groups is 1. The molecule has 1 saturated heterocycles. The molecule has 2 heterocycles. The van der Waals surface area contributed by atoms with Gasteiger partial charge in [-0.05, 0) is 24.1 Å². The van der Waals surface area contributed by atoms with E-state index in [-0.39, 0.29) is 5.91 Å². The van der Waals surface area contributed by atoms with Crippen LogP contribution in [-0.2, 0) is 0 Å². The summed E-state index contributed by atoms with van der Waals surface area (Å²) in [5, 5.41) is 7.23. The summed E-state index contributed by atoms with van der Waals surface area (Å²) in [6, 6.07) is 7.88. The highest BCUT2D eigenvalue weighted by molar-refractivity contribution is 6.30. The molecule has 1 aromatic heterocycles. The van der Waals surface area contributed by atoms with Gasteiger partial charge in [0.15, 0.2) is 0 Å². The maximum atomic E-state index is 12.2. The maximum absolute atomic E-state index is 12.2. The Bertz CT molecular complexity index is 582. The van der Waals surface area contributed by atoms with Crippen LogP contribution in [0.4, 0.5) is 0 Å². The van der Waals surface area contributed by atoms with Crippen molar-refractivity contribution in [1.29, 1.82) is 0 Å². The molecular weight excluding hydrogens is 262 g/mol. The smallest absolute Gasteiger partial charge is 0.257 e. The standard InChI is InChI=1S/C14H14ClN3O/c15-13-3-1-2-10(6-13)11-4-5-18(9-11)14(19)12-7-16-17-8-12/h1-3,6-8,11H,4-5,9H2,(H,16,17). The third kappa shape index (κ3) is 2.49. The molecule has 0 bridgehead atoms. The lowest BCUT2D eigenvalue weighted by atomic mass is 9.99. The number of carbonyl (C=O) groups excluding carboxylic acids is 1. The number of nitrogens with zero attached hydrogens (tertiary/aromatic N) is 2. The second-order valence-electron chi connectivity index (χ2n) is 4.78. The second kappa shape index (κ2) is 5.05. The zero-order valence-electron chi connectivity index (χ0n) is 10.3. The van der Waals surface area contributed by atoms with E-state index >= 15 is 0 Å². The zero-order valence-corrected chi connectivity index (χ0v) is 11.1. The maximum Gasteiger partial charge on any atom is 0.257 e. The van der Waals surface area contributed by atoms with E-state index < -0.39 is 0 Å². The fourth-order valence-electron chi connectivity index (χ4n) is 2.53. The van der Waals surface area contributed by atoms with Gasteiger partial charge < -0.3 is 4.90 Å². The lowest BCUT2D eigenvalue weighted by Crippen LogP contribution is -2.28. The van der Waals surface area contributed by atoms with Crippen molar-refractivity contribution in [3.63, 3.8) is 0 Å². The van der Waals surface area contributed by atoms with Gasteiger partial charge in [-0.15, -0.1) is 0 Å². The van der Waals surface area contributed by atoms with Gasteiger partial charge >= 0.3 is 0 Å². The number of nitrogens with one attached hydrogen (secondary N) is 1. The molecule has 1 fully saturated rings. The van der Waals surface area contributed by atoms with Crippen LogP contribution in [0, 0.1) is 0 Å². The molecule has 1 amide bonds. The van der Waals surface area contributed by atoms with Gasteiger partial charge in [-0.25, -0.2) is 0 Å². The van der Waals surface area contributed by atoms with Crippen LogP contribution in [0.5, 0.6) is 0 Å². The molecule has 0 aliphatic carbocycles. The molecule has 1 unspecified atom stereocenters. The summed E-state index contributed by atoms with van der Waals surface area (Å²) < 4.78 is 0. The summed E-state index contributed by atoms with van der Waals surface area (Å²) >= 11 is 6.01. The van der Waals surface area contributed by atoms with Crippen molar-refractivity contribution in [2.24, 2.45) is 0 Å². The van der Waals surface area contributed by atoms with Crippen molar-refractivity contribution >= 4 is 17.5 Å². The van der Waals surface area contributed by atoms with Crippen LogP contribution < -0.4 is 0 Å². The molecule has 5 heteroatoms. The fourth-order valence-corrected chi connectivity index (χ4v) is 2.73. The molecule has 0 spiro atoms. The SMILES string of the molecule is O=C(c1cn[nH]c1)N1CCC(c2cccc(Cl)c2)C1. The molecule has 98 valence electrons. The minimum absolute atomic E-state index is 0.0401. The van der Waals surface area contributed by atoms with Gasteiger partial charge in [0, 0.05) is 30.2 Å². The molecule has 2 aromatic rings. The van der Waals surface area contributed by atoms with Crippen molar-refractivity contribution in [2.75, 3.05) is 13.1 Å². The lowest BCUT2D eigenvalue weighted by Gasteiger charge is -2.15. The Morgan fingerprint density at radius 2 is 2.37 bits per heavy atom. The minimum Gasteiger partial charge on any atom is -0.338 e. The molecule has 4 nitrogen and oxygen atoms in total. The molecular formula is C14H14ClN3O. The predicted molar refractivity (Wildman–Crippen MR) is 73.3 cm³/mol. The van der Waals surface area contributed by atoms with Gasteiger partial charge in [-0.3, -0.25) is 9.89 Å². The topological polar surface area (TPSA) is 49.0 Å². The van der Waals surface area contributed by atoms with E-state index in [1.165, 1.54) is 5.56 Å². The Morgan fingerprint density at radius 1 is 1.47 bits per heavy atom. The Balaban J connectivity index is 1.72. The largest absolute Gasteiger partial charge is 0.338 e. The van der Waals surface area contributed by atoms with Crippen LogP contribution in [0.3, 0.4) is 0 Å². The number of halogens is 1. The summed E-state index contributed by atoms with van der Waals surface area (Å²) in [4.78, 5) is 14.1. The van der Waals surface area contributed by atoms with E-state index in [0.717, 1.165) is 24.5 Å². The molecule has 19 heavy (non-hydrogen) atoms. The first-order valence-corrected chi connectivity index (χ1v) is 6.65. The second-order valence-corrected chi connectivity index (χ2v) is 5.22. The Labute approximate surface area is 116 Å². The van der Waals surface area contributed by atoms with E-state index in [0.29, 0.717) is 11.5 Å². The van der Waals surface area contributed by atoms with Gasteiger partial charge in [-0.1, -0.05) is 23.7 Å². The Kier molecular flexibility index (Phi) is 3.25. The summed E-state index contributed by atoms with van der Waals surface area (Å²) in [7, 11) is 0. The minimum atomic E-state index is 0.0401. The van der Waals surface area contributed by atoms with Gasteiger partial charge in [-0.2, -0.15) is 5.10 Å². The van der Waals surface area contributed by atoms with Crippen molar-refractivity contribution < 1.29 is 4.79 Å². The number of aromatic nitrogens is 2. The van der Waals surface area contributed by atoms with E-state index in [1.54, 1.807) is 12.4 Å². The molecule has 0 saturated carbocycles. The third-order valence-electron chi connectivity index (χ3n) is 3.54. The average molecular weight is 276 g/mol. The number of likely N-dealkylation sites (tertiary alicyclic amines) is 1. The van der Waals surface area contributed by atoms with Gasteiger partial charge in [0.2, 0.25) is 0 Å². The molecule has 0 radical (unpaired) electrons. The van der Waals surface area contributed by atoms with Gasteiger partial charge in [0.25, 0.3) is 5.91 Å².